The molecule has 0 aromatic heterocycles. The fourth-order valence-electron chi connectivity index (χ4n) is 4.70. The molecule has 1 aliphatic carbocycles. The van der Waals surface area contributed by atoms with Gasteiger partial charge in [-0.15, -0.1) is 0 Å². The van der Waals surface area contributed by atoms with Crippen molar-refractivity contribution in [3.05, 3.63) is 54.1 Å². The van der Waals surface area contributed by atoms with Gasteiger partial charge in [0.2, 0.25) is 0 Å². The monoisotopic (exact) mass is 484 g/mol. The summed E-state index contributed by atoms with van der Waals surface area (Å²) in [5.41, 5.74) is 1.32. The fraction of sp³-hybridized carbons (Fsp3) is 0.519. The molecule has 0 radical (unpaired) electrons. The van der Waals surface area contributed by atoms with Gasteiger partial charge in [0.1, 0.15) is 5.75 Å². The summed E-state index contributed by atoms with van der Waals surface area (Å²) in [5.74, 6) is 0.168. The molecular weight excluding hydrogens is 448 g/mol. The first-order chi connectivity index (χ1) is 16.2. The topological polar surface area (TPSA) is 75.7 Å². The number of hydrogen-bond donors (Lipinski definition) is 1. The summed E-state index contributed by atoms with van der Waals surface area (Å²) in [7, 11) is -3.87. The van der Waals surface area contributed by atoms with Crippen LogP contribution in [0.15, 0.2) is 53.4 Å². The zero-order chi connectivity index (χ0) is 24.3. The minimum Gasteiger partial charge on any atom is -0.476 e. The van der Waals surface area contributed by atoms with Crippen LogP contribution in [-0.2, 0) is 20.2 Å². The highest BCUT2D eigenvalue weighted by Gasteiger charge is 2.38. The maximum Gasteiger partial charge on any atom is 0.264 e. The van der Waals surface area contributed by atoms with E-state index in [-0.39, 0.29) is 28.8 Å². The van der Waals surface area contributed by atoms with E-state index in [0.717, 1.165) is 31.2 Å². The standard InChI is InChI=1S/C27H36N2O4S/c1-27(2,3)20-16-17-24-23(18-20)29(34(31,32)22-14-10-7-11-15-22)19-25(33-24)26(30)28-21-12-8-5-4-6-9-13-21/h7,10-11,14-18,21,25H,4-6,8-9,12-13,19H2,1-3H3,(H,28,30). The van der Waals surface area contributed by atoms with Crippen molar-refractivity contribution in [3.8, 4) is 5.75 Å². The van der Waals surface area contributed by atoms with Gasteiger partial charge in [-0.3, -0.25) is 9.10 Å². The molecule has 34 heavy (non-hydrogen) atoms. The van der Waals surface area contributed by atoms with E-state index in [4.69, 9.17) is 4.74 Å². The molecule has 2 aromatic rings. The number of fused-ring (bicyclic) bond motifs is 1. The van der Waals surface area contributed by atoms with E-state index in [1.165, 1.54) is 23.6 Å². The zero-order valence-corrected chi connectivity index (χ0v) is 21.2. The fourth-order valence-corrected chi connectivity index (χ4v) is 6.19. The van der Waals surface area contributed by atoms with E-state index in [0.29, 0.717) is 11.4 Å². The average Bonchev–Trinajstić information content (AvgIpc) is 2.79. The van der Waals surface area contributed by atoms with Crippen LogP contribution < -0.4 is 14.4 Å². The van der Waals surface area contributed by atoms with Gasteiger partial charge in [0.15, 0.2) is 6.10 Å². The molecule has 1 atom stereocenters. The lowest BCUT2D eigenvalue weighted by Gasteiger charge is -2.36. The van der Waals surface area contributed by atoms with Gasteiger partial charge in [-0.25, -0.2) is 8.42 Å². The summed E-state index contributed by atoms with van der Waals surface area (Å²) in [6.45, 7) is 6.19. The maximum atomic E-state index is 13.7. The molecular formula is C27H36N2O4S. The SMILES string of the molecule is CC(C)(C)c1ccc2c(c1)N(S(=O)(=O)c1ccccc1)CC(C(=O)NC1CCCCCCC1)O2. The van der Waals surface area contributed by atoms with E-state index in [9.17, 15) is 13.2 Å². The molecule has 4 rings (SSSR count). The van der Waals surface area contributed by atoms with Crippen LogP contribution in [0.2, 0.25) is 0 Å². The number of ether oxygens (including phenoxy) is 1. The van der Waals surface area contributed by atoms with Crippen molar-refractivity contribution in [1.29, 1.82) is 0 Å². The van der Waals surface area contributed by atoms with Crippen molar-refractivity contribution in [2.24, 2.45) is 0 Å². The van der Waals surface area contributed by atoms with Gasteiger partial charge in [0.25, 0.3) is 15.9 Å². The van der Waals surface area contributed by atoms with Crippen LogP contribution in [0.1, 0.15) is 71.3 Å². The molecule has 1 heterocycles. The minimum absolute atomic E-state index is 0.0591. The predicted molar refractivity (Wildman–Crippen MR) is 135 cm³/mol. The van der Waals surface area contributed by atoms with Crippen molar-refractivity contribution in [2.45, 2.75) is 88.2 Å². The van der Waals surface area contributed by atoms with Crippen LogP contribution in [0.25, 0.3) is 0 Å². The van der Waals surface area contributed by atoms with Crippen LogP contribution in [0.4, 0.5) is 5.69 Å². The molecule has 2 aliphatic rings. The predicted octanol–water partition coefficient (Wildman–Crippen LogP) is 5.17. The highest BCUT2D eigenvalue weighted by molar-refractivity contribution is 7.92. The van der Waals surface area contributed by atoms with E-state index < -0.39 is 16.1 Å². The number of carbonyl (C=O) groups is 1. The molecule has 1 amide bonds. The first-order valence-electron chi connectivity index (χ1n) is 12.4. The molecule has 0 bridgehead atoms. The second kappa shape index (κ2) is 9.98. The van der Waals surface area contributed by atoms with Crippen molar-refractivity contribution < 1.29 is 17.9 Å². The molecule has 184 valence electrons. The van der Waals surface area contributed by atoms with Gasteiger partial charge >= 0.3 is 0 Å². The Morgan fingerprint density at radius 2 is 1.62 bits per heavy atom. The molecule has 7 heteroatoms. The largest absolute Gasteiger partial charge is 0.476 e. The number of benzene rings is 2. The van der Waals surface area contributed by atoms with Crippen molar-refractivity contribution >= 4 is 21.6 Å². The molecule has 6 nitrogen and oxygen atoms in total. The Balaban J connectivity index is 1.66. The number of rotatable bonds is 4. The highest BCUT2D eigenvalue weighted by atomic mass is 32.2. The Labute approximate surface area is 203 Å². The summed E-state index contributed by atoms with van der Waals surface area (Å²) in [5, 5.41) is 3.15. The quantitative estimate of drug-likeness (QED) is 0.650. The summed E-state index contributed by atoms with van der Waals surface area (Å²) in [4.78, 5) is 13.4. The maximum absolute atomic E-state index is 13.7. The molecule has 2 aromatic carbocycles. The molecule has 1 aliphatic heterocycles. The van der Waals surface area contributed by atoms with Gasteiger partial charge in [-0.1, -0.05) is 77.1 Å². The third kappa shape index (κ3) is 5.40. The van der Waals surface area contributed by atoms with E-state index >= 15 is 0 Å². The van der Waals surface area contributed by atoms with Crippen LogP contribution in [-0.4, -0.2) is 33.0 Å². The minimum atomic E-state index is -3.87. The van der Waals surface area contributed by atoms with Gasteiger partial charge in [0, 0.05) is 6.04 Å². The number of sulfonamides is 1. The lowest BCUT2D eigenvalue weighted by molar-refractivity contribution is -0.128. The second-order valence-corrected chi connectivity index (χ2v) is 12.3. The second-order valence-electron chi connectivity index (χ2n) is 10.4. The summed E-state index contributed by atoms with van der Waals surface area (Å²) in [6.07, 6.45) is 6.85. The smallest absolute Gasteiger partial charge is 0.264 e. The van der Waals surface area contributed by atoms with Crippen molar-refractivity contribution in [2.75, 3.05) is 10.8 Å². The van der Waals surface area contributed by atoms with Gasteiger partial charge in [-0.2, -0.15) is 0 Å². The summed E-state index contributed by atoms with van der Waals surface area (Å²) >= 11 is 0. The molecule has 0 spiro atoms. The first kappa shape index (κ1) is 24.6. The number of nitrogens with zero attached hydrogens (tertiary/aromatic N) is 1. The molecule has 1 saturated carbocycles. The molecule has 0 saturated heterocycles. The lowest BCUT2D eigenvalue weighted by Crippen LogP contribution is -2.52. The van der Waals surface area contributed by atoms with Crippen LogP contribution in [0.3, 0.4) is 0 Å². The Hall–Kier alpha value is -2.54. The highest BCUT2D eigenvalue weighted by Crippen LogP contribution is 2.40. The van der Waals surface area contributed by atoms with Crippen LogP contribution >= 0.6 is 0 Å². The first-order valence-corrected chi connectivity index (χ1v) is 13.8. The Morgan fingerprint density at radius 1 is 0.971 bits per heavy atom. The zero-order valence-electron chi connectivity index (χ0n) is 20.4. The molecule has 1 fully saturated rings. The Bertz CT molecular complexity index is 1100. The number of anilines is 1. The number of hydrogen-bond acceptors (Lipinski definition) is 4. The normalized spacial score (nSPS) is 20.0. The van der Waals surface area contributed by atoms with Crippen molar-refractivity contribution in [1.82, 2.24) is 5.32 Å². The number of carbonyl (C=O) groups excluding carboxylic acids is 1. The number of nitrogens with one attached hydrogen (secondary N) is 1. The average molecular weight is 485 g/mol. The lowest BCUT2D eigenvalue weighted by atomic mass is 9.86. The van der Waals surface area contributed by atoms with E-state index in [2.05, 4.69) is 26.1 Å². The third-order valence-corrected chi connectivity index (χ3v) is 8.56. The number of amides is 1. The summed E-state index contributed by atoms with van der Waals surface area (Å²) in [6, 6.07) is 14.1. The molecule has 1 N–H and O–H groups in total. The third-order valence-electron chi connectivity index (χ3n) is 6.77. The van der Waals surface area contributed by atoms with Gasteiger partial charge < -0.3 is 10.1 Å². The van der Waals surface area contributed by atoms with Crippen LogP contribution in [0.5, 0.6) is 5.75 Å². The van der Waals surface area contributed by atoms with E-state index in [1.54, 1.807) is 36.4 Å². The van der Waals surface area contributed by atoms with Gasteiger partial charge in [0.05, 0.1) is 17.1 Å². The summed E-state index contributed by atoms with van der Waals surface area (Å²) < 4.78 is 34.8. The van der Waals surface area contributed by atoms with E-state index in [1.807, 2.05) is 12.1 Å². The Morgan fingerprint density at radius 3 is 2.26 bits per heavy atom. The van der Waals surface area contributed by atoms with Crippen molar-refractivity contribution in [3.63, 3.8) is 0 Å². The Kier molecular flexibility index (Phi) is 7.22. The molecule has 1 unspecified atom stereocenters. The van der Waals surface area contributed by atoms with Gasteiger partial charge in [-0.05, 0) is 48.1 Å². The van der Waals surface area contributed by atoms with Crippen LogP contribution in [0, 0.1) is 0 Å².